The Morgan fingerprint density at radius 3 is 2.68 bits per heavy atom. The highest BCUT2D eigenvalue weighted by molar-refractivity contribution is 5.70. The first-order valence-corrected chi connectivity index (χ1v) is 7.55. The molecule has 1 atom stereocenters. The predicted octanol–water partition coefficient (Wildman–Crippen LogP) is 2.70. The van der Waals surface area contributed by atoms with E-state index in [9.17, 15) is 9.59 Å². The molecule has 120 valence electrons. The molecule has 0 saturated heterocycles. The Hall–Kier alpha value is -2.04. The van der Waals surface area contributed by atoms with E-state index >= 15 is 0 Å². The highest BCUT2D eigenvalue weighted by Crippen LogP contribution is 2.23. The van der Waals surface area contributed by atoms with Crippen molar-refractivity contribution in [2.45, 2.75) is 58.1 Å². The van der Waals surface area contributed by atoms with E-state index in [2.05, 4.69) is 5.32 Å². The molecule has 0 spiro atoms. The molecule has 0 saturated carbocycles. The van der Waals surface area contributed by atoms with Gasteiger partial charge in [-0.25, -0.2) is 4.79 Å². The number of hydrogen-bond donors (Lipinski definition) is 2. The quantitative estimate of drug-likeness (QED) is 0.900. The summed E-state index contributed by atoms with van der Waals surface area (Å²) in [5.74, 6) is -0.819. The van der Waals surface area contributed by atoms with E-state index in [1.165, 1.54) is 11.1 Å². The van der Waals surface area contributed by atoms with Crippen LogP contribution in [-0.4, -0.2) is 28.8 Å². The number of ether oxygens (including phenoxy) is 1. The average Bonchev–Trinajstić information content (AvgIpc) is 2.35. The van der Waals surface area contributed by atoms with Gasteiger partial charge in [0.15, 0.2) is 0 Å². The highest BCUT2D eigenvalue weighted by Gasteiger charge is 2.23. The zero-order valence-corrected chi connectivity index (χ0v) is 13.3. The molecule has 1 unspecified atom stereocenters. The van der Waals surface area contributed by atoms with Crippen LogP contribution in [0, 0.1) is 0 Å². The lowest BCUT2D eigenvalue weighted by atomic mass is 9.87. The van der Waals surface area contributed by atoms with Crippen molar-refractivity contribution < 1.29 is 19.4 Å². The number of benzene rings is 1. The van der Waals surface area contributed by atoms with E-state index in [0.717, 1.165) is 24.8 Å². The average molecular weight is 305 g/mol. The minimum Gasteiger partial charge on any atom is -0.481 e. The summed E-state index contributed by atoms with van der Waals surface area (Å²) in [6.45, 7) is 5.52. The minimum absolute atomic E-state index is 0.0485. The molecule has 1 aliphatic rings. The van der Waals surface area contributed by atoms with Crippen LogP contribution in [0.2, 0.25) is 0 Å². The molecule has 1 aromatic rings. The number of aliphatic carboxylic acids is 1. The van der Waals surface area contributed by atoms with Gasteiger partial charge in [-0.1, -0.05) is 18.2 Å². The maximum atomic E-state index is 11.8. The summed E-state index contributed by atoms with van der Waals surface area (Å²) in [6, 6.07) is 5.85. The van der Waals surface area contributed by atoms with Crippen molar-refractivity contribution in [2.75, 3.05) is 0 Å². The summed E-state index contributed by atoms with van der Waals surface area (Å²) >= 11 is 0. The summed E-state index contributed by atoms with van der Waals surface area (Å²) < 4.78 is 5.28. The SMILES string of the molecule is CC(C)(C)OC(=O)NC1CCc2cc(CC(=O)O)ccc2C1. The first-order valence-electron chi connectivity index (χ1n) is 7.55. The third-order valence-corrected chi connectivity index (χ3v) is 3.58. The van der Waals surface area contributed by atoms with Gasteiger partial charge in [0, 0.05) is 6.04 Å². The molecule has 22 heavy (non-hydrogen) atoms. The molecule has 0 bridgehead atoms. The fourth-order valence-corrected chi connectivity index (χ4v) is 2.69. The van der Waals surface area contributed by atoms with Gasteiger partial charge in [-0.3, -0.25) is 4.79 Å². The monoisotopic (exact) mass is 305 g/mol. The zero-order chi connectivity index (χ0) is 16.3. The number of alkyl carbamates (subject to hydrolysis) is 1. The summed E-state index contributed by atoms with van der Waals surface area (Å²) in [5.41, 5.74) is 2.68. The molecule has 2 N–H and O–H groups in total. The van der Waals surface area contributed by atoms with Gasteiger partial charge in [0.05, 0.1) is 6.42 Å². The van der Waals surface area contributed by atoms with Crippen LogP contribution < -0.4 is 5.32 Å². The highest BCUT2D eigenvalue weighted by atomic mass is 16.6. The summed E-state index contributed by atoms with van der Waals surface area (Å²) in [6.07, 6.45) is 2.09. The third-order valence-electron chi connectivity index (χ3n) is 3.58. The van der Waals surface area contributed by atoms with Gasteiger partial charge in [0.25, 0.3) is 0 Å². The molecule has 0 aromatic heterocycles. The molecule has 0 radical (unpaired) electrons. The van der Waals surface area contributed by atoms with Crippen molar-refractivity contribution in [1.82, 2.24) is 5.32 Å². The van der Waals surface area contributed by atoms with E-state index in [0.29, 0.717) is 0 Å². The van der Waals surface area contributed by atoms with Crippen LogP contribution in [0.5, 0.6) is 0 Å². The molecule has 5 nitrogen and oxygen atoms in total. The number of rotatable bonds is 3. The summed E-state index contributed by atoms with van der Waals surface area (Å²) in [7, 11) is 0. The topological polar surface area (TPSA) is 75.6 Å². The lowest BCUT2D eigenvalue weighted by Crippen LogP contribution is -2.41. The van der Waals surface area contributed by atoms with Gasteiger partial charge in [0.2, 0.25) is 0 Å². The number of carbonyl (C=O) groups excluding carboxylic acids is 1. The second-order valence-electron chi connectivity index (χ2n) is 6.76. The second-order valence-corrected chi connectivity index (χ2v) is 6.76. The van der Waals surface area contributed by atoms with Crippen molar-refractivity contribution in [2.24, 2.45) is 0 Å². The molecule has 1 amide bonds. The zero-order valence-electron chi connectivity index (χ0n) is 13.3. The van der Waals surface area contributed by atoms with Gasteiger partial charge < -0.3 is 15.2 Å². The number of carboxylic acid groups (broad SMARTS) is 1. The number of aryl methyl sites for hydroxylation is 1. The molecular weight excluding hydrogens is 282 g/mol. The Bertz CT molecular complexity index is 575. The van der Waals surface area contributed by atoms with E-state index < -0.39 is 11.6 Å². The Morgan fingerprint density at radius 2 is 2.05 bits per heavy atom. The number of fused-ring (bicyclic) bond motifs is 1. The maximum absolute atomic E-state index is 11.8. The van der Waals surface area contributed by atoms with Crippen LogP contribution >= 0.6 is 0 Å². The molecular formula is C17H23NO4. The number of nitrogens with one attached hydrogen (secondary N) is 1. The molecule has 0 aliphatic heterocycles. The summed E-state index contributed by atoms with van der Waals surface area (Å²) in [5, 5.41) is 11.8. The van der Waals surface area contributed by atoms with Crippen LogP contribution in [0.4, 0.5) is 4.79 Å². The molecule has 1 aliphatic carbocycles. The van der Waals surface area contributed by atoms with Crippen molar-refractivity contribution in [1.29, 1.82) is 0 Å². The van der Waals surface area contributed by atoms with Gasteiger partial charge in [-0.15, -0.1) is 0 Å². The first-order chi connectivity index (χ1) is 10.2. The van der Waals surface area contributed by atoms with Crippen molar-refractivity contribution in [3.8, 4) is 0 Å². The van der Waals surface area contributed by atoms with Crippen molar-refractivity contribution >= 4 is 12.1 Å². The summed E-state index contributed by atoms with van der Waals surface area (Å²) in [4.78, 5) is 22.6. The van der Waals surface area contributed by atoms with Gasteiger partial charge in [0.1, 0.15) is 5.60 Å². The van der Waals surface area contributed by atoms with Crippen LogP contribution in [0.15, 0.2) is 18.2 Å². The Kier molecular flexibility index (Phi) is 4.74. The Balaban J connectivity index is 1.97. The fourth-order valence-electron chi connectivity index (χ4n) is 2.69. The minimum atomic E-state index is -0.819. The lowest BCUT2D eigenvalue weighted by molar-refractivity contribution is -0.136. The van der Waals surface area contributed by atoms with Gasteiger partial charge >= 0.3 is 12.1 Å². The van der Waals surface area contributed by atoms with Crippen LogP contribution in [0.1, 0.15) is 43.9 Å². The molecule has 5 heteroatoms. The van der Waals surface area contributed by atoms with Crippen molar-refractivity contribution in [3.63, 3.8) is 0 Å². The first kappa shape index (κ1) is 16.3. The fraction of sp³-hybridized carbons (Fsp3) is 0.529. The number of carbonyl (C=O) groups is 2. The molecule has 1 aromatic carbocycles. The largest absolute Gasteiger partial charge is 0.481 e. The normalized spacial score (nSPS) is 17.5. The second kappa shape index (κ2) is 6.38. The standard InChI is InChI=1S/C17H23NO4/c1-17(2,3)22-16(21)18-14-7-6-12-8-11(9-15(19)20)4-5-13(12)10-14/h4-5,8,14H,6-7,9-10H2,1-3H3,(H,18,21)(H,19,20). The van der Waals surface area contributed by atoms with Crippen LogP contribution in [0.3, 0.4) is 0 Å². The number of carboxylic acids is 1. The Morgan fingerprint density at radius 1 is 1.32 bits per heavy atom. The lowest BCUT2D eigenvalue weighted by Gasteiger charge is -2.27. The third kappa shape index (κ3) is 4.76. The molecule has 0 fully saturated rings. The molecule has 2 rings (SSSR count). The van der Waals surface area contributed by atoms with Gasteiger partial charge in [-0.2, -0.15) is 0 Å². The maximum Gasteiger partial charge on any atom is 0.407 e. The van der Waals surface area contributed by atoms with Crippen LogP contribution in [0.25, 0.3) is 0 Å². The van der Waals surface area contributed by atoms with E-state index in [1.54, 1.807) is 0 Å². The van der Waals surface area contributed by atoms with Gasteiger partial charge in [-0.05, 0) is 56.7 Å². The van der Waals surface area contributed by atoms with Crippen molar-refractivity contribution in [3.05, 3.63) is 34.9 Å². The van der Waals surface area contributed by atoms with E-state index in [1.807, 2.05) is 39.0 Å². The number of hydrogen-bond acceptors (Lipinski definition) is 3. The smallest absolute Gasteiger partial charge is 0.407 e. The van der Waals surface area contributed by atoms with Crippen LogP contribution in [-0.2, 0) is 28.8 Å². The predicted molar refractivity (Wildman–Crippen MR) is 83.0 cm³/mol. The Labute approximate surface area is 130 Å². The molecule has 0 heterocycles. The van der Waals surface area contributed by atoms with E-state index in [-0.39, 0.29) is 18.6 Å². The number of amides is 1. The van der Waals surface area contributed by atoms with E-state index in [4.69, 9.17) is 9.84 Å².